The molecule has 2 rings (SSSR count). The number of nitrogens with zero attached hydrogens (tertiary/aromatic N) is 1. The van der Waals surface area contributed by atoms with Crippen LogP contribution in [-0.2, 0) is 6.54 Å². The second-order valence-corrected chi connectivity index (χ2v) is 6.46. The van der Waals surface area contributed by atoms with E-state index in [1.807, 2.05) is 24.3 Å². The highest BCUT2D eigenvalue weighted by molar-refractivity contribution is 9.11. The van der Waals surface area contributed by atoms with E-state index in [0.29, 0.717) is 6.42 Å². The van der Waals surface area contributed by atoms with Crippen molar-refractivity contribution in [3.8, 4) is 6.07 Å². The van der Waals surface area contributed by atoms with Crippen molar-refractivity contribution >= 4 is 27.3 Å². The standard InChI is InChI=1S/C14H13BrN2S/c15-14-7-6-12(18-14)10-17-13(8-9-16)11-4-2-1-3-5-11/h1-7,13,17H,8,10H2. The minimum Gasteiger partial charge on any atom is -0.304 e. The van der Waals surface area contributed by atoms with Gasteiger partial charge in [0.1, 0.15) is 0 Å². The summed E-state index contributed by atoms with van der Waals surface area (Å²) in [5.74, 6) is 0. The van der Waals surface area contributed by atoms with Gasteiger partial charge in [0, 0.05) is 17.5 Å². The van der Waals surface area contributed by atoms with E-state index in [0.717, 1.165) is 15.9 Å². The van der Waals surface area contributed by atoms with Crippen LogP contribution in [0.25, 0.3) is 0 Å². The summed E-state index contributed by atoms with van der Waals surface area (Å²) in [6.45, 7) is 0.789. The molecule has 2 aromatic rings. The summed E-state index contributed by atoms with van der Waals surface area (Å²) < 4.78 is 1.14. The summed E-state index contributed by atoms with van der Waals surface area (Å²) in [6, 6.07) is 16.6. The molecule has 0 aliphatic rings. The molecule has 0 bridgehead atoms. The molecule has 0 saturated carbocycles. The summed E-state index contributed by atoms with van der Waals surface area (Å²) in [5, 5.41) is 12.3. The molecule has 18 heavy (non-hydrogen) atoms. The number of nitrogens with one attached hydrogen (secondary N) is 1. The Morgan fingerprint density at radius 3 is 2.61 bits per heavy atom. The summed E-state index contributed by atoms with van der Waals surface area (Å²) in [6.07, 6.45) is 0.483. The molecule has 1 heterocycles. The lowest BCUT2D eigenvalue weighted by atomic mass is 10.0. The van der Waals surface area contributed by atoms with Crippen molar-refractivity contribution in [3.05, 3.63) is 56.7 Å². The molecule has 0 saturated heterocycles. The number of nitriles is 1. The van der Waals surface area contributed by atoms with E-state index in [9.17, 15) is 0 Å². The van der Waals surface area contributed by atoms with E-state index < -0.39 is 0 Å². The SMILES string of the molecule is N#CCC(NCc1ccc(Br)s1)c1ccccc1. The second kappa shape index (κ2) is 6.69. The molecule has 1 unspecified atom stereocenters. The van der Waals surface area contributed by atoms with Crippen LogP contribution in [0.3, 0.4) is 0 Å². The fourth-order valence-corrected chi connectivity index (χ4v) is 3.19. The molecular formula is C14H13BrN2S. The van der Waals surface area contributed by atoms with Crippen molar-refractivity contribution in [2.24, 2.45) is 0 Å². The molecule has 0 aliphatic heterocycles. The van der Waals surface area contributed by atoms with Crippen LogP contribution in [0.15, 0.2) is 46.3 Å². The molecule has 1 atom stereocenters. The molecule has 0 spiro atoms. The van der Waals surface area contributed by atoms with Gasteiger partial charge in [-0.3, -0.25) is 0 Å². The first kappa shape index (κ1) is 13.3. The Morgan fingerprint density at radius 1 is 1.22 bits per heavy atom. The van der Waals surface area contributed by atoms with Crippen molar-refractivity contribution < 1.29 is 0 Å². The molecule has 1 N–H and O–H groups in total. The predicted molar refractivity (Wildman–Crippen MR) is 78.3 cm³/mol. The molecule has 0 fully saturated rings. The maximum absolute atomic E-state index is 8.90. The Hall–Kier alpha value is -1.15. The zero-order chi connectivity index (χ0) is 12.8. The molecule has 92 valence electrons. The molecule has 0 amide bonds. The highest BCUT2D eigenvalue weighted by Crippen LogP contribution is 2.23. The second-order valence-electron chi connectivity index (χ2n) is 3.91. The minimum absolute atomic E-state index is 0.0945. The average molecular weight is 321 g/mol. The van der Waals surface area contributed by atoms with Crippen LogP contribution in [0.2, 0.25) is 0 Å². The first-order valence-corrected chi connectivity index (χ1v) is 7.30. The Morgan fingerprint density at radius 2 is 2.00 bits per heavy atom. The quantitative estimate of drug-likeness (QED) is 0.893. The largest absolute Gasteiger partial charge is 0.304 e. The highest BCUT2D eigenvalue weighted by atomic mass is 79.9. The molecule has 4 heteroatoms. The average Bonchev–Trinajstić information content (AvgIpc) is 2.81. The zero-order valence-electron chi connectivity index (χ0n) is 9.77. The van der Waals surface area contributed by atoms with E-state index in [-0.39, 0.29) is 6.04 Å². The summed E-state index contributed by atoms with van der Waals surface area (Å²) in [7, 11) is 0. The normalized spacial score (nSPS) is 12.0. The summed E-state index contributed by atoms with van der Waals surface area (Å²) in [4.78, 5) is 1.26. The number of hydrogen-bond donors (Lipinski definition) is 1. The van der Waals surface area contributed by atoms with Crippen molar-refractivity contribution in [2.75, 3.05) is 0 Å². The Labute approximate surface area is 119 Å². The van der Waals surface area contributed by atoms with Gasteiger partial charge in [-0.2, -0.15) is 5.26 Å². The fraction of sp³-hybridized carbons (Fsp3) is 0.214. The maximum atomic E-state index is 8.90. The van der Waals surface area contributed by atoms with Crippen molar-refractivity contribution in [1.82, 2.24) is 5.32 Å². The molecule has 2 nitrogen and oxygen atoms in total. The van der Waals surface area contributed by atoms with Gasteiger partial charge in [-0.25, -0.2) is 0 Å². The van der Waals surface area contributed by atoms with Crippen molar-refractivity contribution in [2.45, 2.75) is 19.0 Å². The van der Waals surface area contributed by atoms with Gasteiger partial charge < -0.3 is 5.32 Å². The van der Waals surface area contributed by atoms with E-state index in [1.165, 1.54) is 4.88 Å². The first-order valence-electron chi connectivity index (χ1n) is 5.69. The third kappa shape index (κ3) is 3.67. The predicted octanol–water partition coefficient (Wildman–Crippen LogP) is 4.26. The van der Waals surface area contributed by atoms with Crippen LogP contribution in [0.1, 0.15) is 22.9 Å². The third-order valence-corrected chi connectivity index (χ3v) is 4.27. The van der Waals surface area contributed by atoms with E-state index in [1.54, 1.807) is 11.3 Å². The Bertz CT molecular complexity index is 530. The number of benzene rings is 1. The number of rotatable bonds is 5. The van der Waals surface area contributed by atoms with Gasteiger partial charge in [0.05, 0.1) is 16.3 Å². The number of hydrogen-bond acceptors (Lipinski definition) is 3. The van der Waals surface area contributed by atoms with Gasteiger partial charge in [0.25, 0.3) is 0 Å². The van der Waals surface area contributed by atoms with Gasteiger partial charge in [0.15, 0.2) is 0 Å². The fourth-order valence-electron chi connectivity index (χ4n) is 1.76. The third-order valence-electron chi connectivity index (χ3n) is 2.65. The zero-order valence-corrected chi connectivity index (χ0v) is 12.2. The number of thiophene rings is 1. The van der Waals surface area contributed by atoms with Crippen molar-refractivity contribution in [3.63, 3.8) is 0 Å². The molecule has 1 aromatic heterocycles. The van der Waals surface area contributed by atoms with Crippen LogP contribution in [0.4, 0.5) is 0 Å². The molecular weight excluding hydrogens is 308 g/mol. The lowest BCUT2D eigenvalue weighted by Gasteiger charge is -2.15. The van der Waals surface area contributed by atoms with Crippen molar-refractivity contribution in [1.29, 1.82) is 5.26 Å². The topological polar surface area (TPSA) is 35.8 Å². The number of halogens is 1. The van der Waals surface area contributed by atoms with Gasteiger partial charge in [-0.1, -0.05) is 30.3 Å². The monoisotopic (exact) mass is 320 g/mol. The first-order chi connectivity index (χ1) is 8.79. The van der Waals surface area contributed by atoms with Crippen LogP contribution in [0, 0.1) is 11.3 Å². The summed E-state index contributed by atoms with van der Waals surface area (Å²) in [5.41, 5.74) is 1.16. The van der Waals surface area contributed by atoms with Crippen LogP contribution in [-0.4, -0.2) is 0 Å². The maximum Gasteiger partial charge on any atom is 0.0701 e. The summed E-state index contributed by atoms with van der Waals surface area (Å²) >= 11 is 5.17. The van der Waals surface area contributed by atoms with E-state index >= 15 is 0 Å². The van der Waals surface area contributed by atoms with Crippen LogP contribution in [0.5, 0.6) is 0 Å². The smallest absolute Gasteiger partial charge is 0.0701 e. The minimum atomic E-state index is 0.0945. The molecule has 0 radical (unpaired) electrons. The van der Waals surface area contributed by atoms with Gasteiger partial charge in [-0.15, -0.1) is 11.3 Å². The van der Waals surface area contributed by atoms with Crippen LogP contribution >= 0.6 is 27.3 Å². The molecule has 0 aliphatic carbocycles. The highest BCUT2D eigenvalue weighted by Gasteiger charge is 2.10. The van der Waals surface area contributed by atoms with E-state index in [2.05, 4.69) is 45.5 Å². The van der Waals surface area contributed by atoms with Gasteiger partial charge >= 0.3 is 0 Å². The van der Waals surface area contributed by atoms with Crippen LogP contribution < -0.4 is 5.32 Å². The Balaban J connectivity index is 2.01. The van der Waals surface area contributed by atoms with E-state index in [4.69, 9.17) is 5.26 Å². The van der Waals surface area contributed by atoms with Gasteiger partial charge in [-0.05, 0) is 33.6 Å². The lowest BCUT2D eigenvalue weighted by Crippen LogP contribution is -2.20. The van der Waals surface area contributed by atoms with Gasteiger partial charge in [0.2, 0.25) is 0 Å². The molecule has 1 aromatic carbocycles. The lowest BCUT2D eigenvalue weighted by molar-refractivity contribution is 0.546. The Kier molecular flexibility index (Phi) is 4.94.